The smallest absolute Gasteiger partial charge is 0.343 e. The Morgan fingerprint density at radius 1 is 0.446 bits per heavy atom. The molecule has 0 unspecified atom stereocenters. The minimum atomic E-state index is -0.735. The van der Waals surface area contributed by atoms with Crippen molar-refractivity contribution in [2.75, 3.05) is 10.6 Å². The molecule has 14 nitrogen and oxygen atoms in total. The first-order valence-corrected chi connectivity index (χ1v) is 23.7. The zero-order valence-corrected chi connectivity index (χ0v) is 41.7. The maximum absolute atomic E-state index is 13.8. The minimum absolute atomic E-state index is 0.00369. The van der Waals surface area contributed by atoms with Crippen LogP contribution in [0.4, 0.5) is 34.1 Å². The van der Waals surface area contributed by atoms with Crippen LogP contribution in [0.2, 0.25) is 20.1 Å². The number of nitrogens with one attached hydrogen (secondary N) is 2. The molecule has 18 heteroatoms. The Morgan fingerprint density at radius 2 is 0.811 bits per heavy atom. The second-order valence-corrected chi connectivity index (χ2v) is 18.2. The average molecular weight is 1060 g/mol. The van der Waals surface area contributed by atoms with Crippen LogP contribution in [0.5, 0.6) is 23.0 Å². The van der Waals surface area contributed by atoms with E-state index in [1.165, 1.54) is 24.3 Å². The number of rotatable bonds is 12. The molecule has 0 aliphatic rings. The number of amides is 2. The Morgan fingerprint density at radius 3 is 1.19 bits per heavy atom. The average Bonchev–Trinajstić information content (AvgIpc) is 3.38. The molecule has 0 saturated heterocycles. The molecule has 9 aromatic rings. The molecule has 0 spiro atoms. The van der Waals surface area contributed by atoms with E-state index in [0.717, 1.165) is 0 Å². The molecule has 0 heterocycles. The van der Waals surface area contributed by atoms with E-state index in [1.807, 2.05) is 0 Å². The number of esters is 2. The van der Waals surface area contributed by atoms with Gasteiger partial charge in [-0.1, -0.05) is 107 Å². The van der Waals surface area contributed by atoms with Crippen molar-refractivity contribution >= 4 is 126 Å². The number of halogens is 4. The molecule has 0 radical (unpaired) electrons. The van der Waals surface area contributed by atoms with E-state index in [1.54, 1.807) is 147 Å². The third-order valence-electron chi connectivity index (χ3n) is 11.2. The van der Waals surface area contributed by atoms with Gasteiger partial charge in [0.2, 0.25) is 0 Å². The van der Waals surface area contributed by atoms with Crippen LogP contribution in [0, 0.1) is 13.8 Å². The van der Waals surface area contributed by atoms with Gasteiger partial charge in [-0.2, -0.15) is 10.2 Å². The second-order valence-electron chi connectivity index (χ2n) is 16.6. The van der Waals surface area contributed by atoms with E-state index < -0.39 is 35.3 Å². The van der Waals surface area contributed by atoms with Gasteiger partial charge in [-0.05, 0) is 133 Å². The number of benzene rings is 9. The Hall–Kier alpha value is -8.66. The van der Waals surface area contributed by atoms with E-state index >= 15 is 0 Å². The number of hydrogen-bond acceptors (Lipinski definition) is 12. The summed E-state index contributed by atoms with van der Waals surface area (Å²) in [6.07, 6.45) is 0. The molecule has 4 N–H and O–H groups in total. The summed E-state index contributed by atoms with van der Waals surface area (Å²) in [4.78, 5) is 54.0. The zero-order chi connectivity index (χ0) is 52.2. The summed E-state index contributed by atoms with van der Waals surface area (Å²) in [5.74, 6) is -3.70. The number of phenols is 2. The predicted octanol–water partition coefficient (Wildman–Crippen LogP) is 16.4. The topological polar surface area (TPSA) is 201 Å². The summed E-state index contributed by atoms with van der Waals surface area (Å²) in [6, 6.07) is 42.1. The quantitative estimate of drug-likeness (QED) is 0.0526. The molecule has 0 bridgehead atoms. The molecule has 366 valence electrons. The lowest BCUT2D eigenvalue weighted by atomic mass is 10.0. The van der Waals surface area contributed by atoms with Crippen LogP contribution in [0.3, 0.4) is 0 Å². The first kappa shape index (κ1) is 50.3. The van der Waals surface area contributed by atoms with Gasteiger partial charge in [0.05, 0.1) is 53.7 Å². The number of phenolic OH excluding ortho intramolecular Hbond substituents is 2. The number of aromatic hydroxyl groups is 2. The lowest BCUT2D eigenvalue weighted by Crippen LogP contribution is -2.13. The van der Waals surface area contributed by atoms with Crippen molar-refractivity contribution in [1.82, 2.24) is 0 Å². The minimum Gasteiger partial charge on any atom is -0.505 e. The number of carbonyl (C=O) groups is 4. The van der Waals surface area contributed by atoms with Gasteiger partial charge in [0.1, 0.15) is 11.4 Å². The maximum atomic E-state index is 13.8. The van der Waals surface area contributed by atoms with E-state index in [0.29, 0.717) is 44.0 Å². The first-order valence-electron chi connectivity index (χ1n) is 22.2. The number of anilines is 2. The van der Waals surface area contributed by atoms with Gasteiger partial charge in [0.15, 0.2) is 23.0 Å². The lowest BCUT2D eigenvalue weighted by Gasteiger charge is -2.13. The molecule has 74 heavy (non-hydrogen) atoms. The fraction of sp³-hybridized carbons (Fsp3) is 0.0357. The van der Waals surface area contributed by atoms with E-state index in [9.17, 15) is 29.4 Å². The molecular formula is C56H36Cl4N6O8. The number of nitrogens with zero attached hydrogens (tertiary/aromatic N) is 4. The monoisotopic (exact) mass is 1060 g/mol. The molecule has 2 amide bonds. The van der Waals surface area contributed by atoms with Crippen molar-refractivity contribution in [3.63, 3.8) is 0 Å². The molecule has 9 rings (SSSR count). The van der Waals surface area contributed by atoms with Gasteiger partial charge in [-0.3, -0.25) is 9.59 Å². The number of fused-ring (bicyclic) bond motifs is 2. The van der Waals surface area contributed by atoms with E-state index in [2.05, 4.69) is 31.1 Å². The summed E-state index contributed by atoms with van der Waals surface area (Å²) in [5.41, 5.74) is 2.54. The highest BCUT2D eigenvalue weighted by Gasteiger charge is 2.22. The fourth-order valence-electron chi connectivity index (χ4n) is 7.77. The van der Waals surface area contributed by atoms with E-state index in [-0.39, 0.29) is 76.6 Å². The fourth-order valence-corrected chi connectivity index (χ4v) is 8.72. The van der Waals surface area contributed by atoms with Crippen molar-refractivity contribution in [1.29, 1.82) is 0 Å². The highest BCUT2D eigenvalue weighted by molar-refractivity contribution is 6.38. The number of carbonyl (C=O) groups excluding carboxylic acids is 4. The molecule has 0 saturated carbocycles. The van der Waals surface area contributed by atoms with Crippen LogP contribution in [-0.4, -0.2) is 34.0 Å². The normalized spacial score (nSPS) is 11.3. The Balaban J connectivity index is 0.915. The van der Waals surface area contributed by atoms with Gasteiger partial charge in [-0.15, -0.1) is 10.2 Å². The van der Waals surface area contributed by atoms with Crippen molar-refractivity contribution in [3.05, 3.63) is 211 Å². The highest BCUT2D eigenvalue weighted by atomic mass is 35.5. The Bertz CT molecular complexity index is 3540. The van der Waals surface area contributed by atoms with Crippen molar-refractivity contribution in [3.8, 4) is 23.0 Å². The second kappa shape index (κ2) is 21.6. The molecule has 9 aromatic carbocycles. The van der Waals surface area contributed by atoms with Crippen LogP contribution in [0.15, 0.2) is 178 Å². The number of hydrogen-bond donors (Lipinski definition) is 4. The first-order chi connectivity index (χ1) is 35.6. The van der Waals surface area contributed by atoms with Crippen molar-refractivity contribution < 1.29 is 38.9 Å². The number of ether oxygens (including phenoxy) is 2. The number of para-hydroxylation sites is 2. The van der Waals surface area contributed by atoms with Gasteiger partial charge >= 0.3 is 11.9 Å². The summed E-state index contributed by atoms with van der Waals surface area (Å²) in [7, 11) is 0. The SMILES string of the molecule is Cc1cc(N=Nc2c(O)c(C(=O)Nc3ccc(NC(=O)c4cc5ccccc5c(N=Nc5cc(C)cc(C(=O)Oc6c(Cl)cccc6Cl)c5)c4O)cc3)cc3ccccc23)cc(C(=O)Oc2c(Cl)cccc2Cl)c1. The third kappa shape index (κ3) is 11.0. The molecule has 0 aromatic heterocycles. The van der Waals surface area contributed by atoms with Crippen LogP contribution in [0.25, 0.3) is 21.5 Å². The Kier molecular flexibility index (Phi) is 14.7. The van der Waals surface area contributed by atoms with Gasteiger partial charge in [-0.25, -0.2) is 9.59 Å². The maximum Gasteiger partial charge on any atom is 0.343 e. The largest absolute Gasteiger partial charge is 0.505 e. The predicted molar refractivity (Wildman–Crippen MR) is 287 cm³/mol. The van der Waals surface area contributed by atoms with Gasteiger partial charge in [0.25, 0.3) is 11.8 Å². The summed E-state index contributed by atoms with van der Waals surface area (Å²) in [6.45, 7) is 3.51. The lowest BCUT2D eigenvalue weighted by molar-refractivity contribution is 0.0725. The van der Waals surface area contributed by atoms with Crippen LogP contribution < -0.4 is 20.1 Å². The number of azo groups is 2. The van der Waals surface area contributed by atoms with Crippen molar-refractivity contribution in [2.24, 2.45) is 20.5 Å². The third-order valence-corrected chi connectivity index (χ3v) is 12.4. The summed E-state index contributed by atoms with van der Waals surface area (Å²) in [5, 5.41) is 48.9. The highest BCUT2D eigenvalue weighted by Crippen LogP contribution is 2.42. The van der Waals surface area contributed by atoms with Gasteiger partial charge < -0.3 is 30.3 Å². The zero-order valence-electron chi connectivity index (χ0n) is 38.7. The van der Waals surface area contributed by atoms with Crippen LogP contribution in [0.1, 0.15) is 52.6 Å². The molecule has 0 aliphatic heterocycles. The van der Waals surface area contributed by atoms with Crippen molar-refractivity contribution in [2.45, 2.75) is 13.8 Å². The van der Waals surface area contributed by atoms with Crippen LogP contribution in [-0.2, 0) is 0 Å². The summed E-state index contributed by atoms with van der Waals surface area (Å²) < 4.78 is 11.0. The Labute approximate surface area is 441 Å². The van der Waals surface area contributed by atoms with E-state index in [4.69, 9.17) is 55.9 Å². The summed E-state index contributed by atoms with van der Waals surface area (Å²) >= 11 is 24.8. The molecule has 0 fully saturated rings. The number of aryl methyl sites for hydroxylation is 2. The van der Waals surface area contributed by atoms with Crippen LogP contribution >= 0.6 is 46.4 Å². The van der Waals surface area contributed by atoms with Gasteiger partial charge in [0, 0.05) is 22.1 Å². The molecule has 0 atom stereocenters. The molecule has 0 aliphatic carbocycles. The molecular weight excluding hydrogens is 1030 g/mol. The standard InChI is InChI=1S/C56H36Cl4N6O8/c1-29-21-33(55(71)73-51-43(57)13-7-14-44(51)58)25-37(23-29)63-65-47-39-11-5-3-9-31(39)27-41(49(47)67)53(69)61-35-17-19-36(20-18-35)62-54(70)42-28-32-10-4-6-12-40(32)48(50(42)68)66-64-38-24-30(2)22-34(26-38)56(72)74-52-45(59)15-8-16-46(52)60/h3-28,67-68H,1-2H3,(H,61,69)(H,62,70).